The molecular weight excluding hydrogens is 262 g/mol. The third-order valence-electron chi connectivity index (χ3n) is 2.50. The number of aromatic nitrogens is 2. The van der Waals surface area contributed by atoms with Gasteiger partial charge in [0.05, 0.1) is 5.56 Å². The molecule has 98 valence electrons. The summed E-state index contributed by atoms with van der Waals surface area (Å²) >= 11 is 1.54. The Morgan fingerprint density at radius 1 is 1.37 bits per heavy atom. The van der Waals surface area contributed by atoms with Crippen molar-refractivity contribution in [2.45, 2.75) is 11.6 Å². The first-order valence-corrected chi connectivity index (χ1v) is 6.83. The number of nitrogens with zero attached hydrogens (tertiary/aromatic N) is 2. The van der Waals surface area contributed by atoms with Gasteiger partial charge in [-0.05, 0) is 24.0 Å². The van der Waals surface area contributed by atoms with Crippen LogP contribution in [0.5, 0.6) is 0 Å². The molecule has 1 heterocycles. The lowest BCUT2D eigenvalue weighted by atomic mass is 10.1. The van der Waals surface area contributed by atoms with Crippen LogP contribution in [0.15, 0.2) is 41.7 Å². The van der Waals surface area contributed by atoms with Gasteiger partial charge < -0.3 is 10.4 Å². The highest BCUT2D eigenvalue weighted by molar-refractivity contribution is 7.98. The van der Waals surface area contributed by atoms with E-state index in [4.69, 9.17) is 5.11 Å². The molecule has 6 heteroatoms. The minimum Gasteiger partial charge on any atom is -0.478 e. The van der Waals surface area contributed by atoms with Crippen molar-refractivity contribution in [2.75, 3.05) is 11.6 Å². The van der Waals surface area contributed by atoms with Crippen LogP contribution in [0.2, 0.25) is 0 Å². The molecule has 0 saturated heterocycles. The molecule has 0 radical (unpaired) electrons. The molecule has 0 bridgehead atoms. The maximum absolute atomic E-state index is 10.9. The van der Waals surface area contributed by atoms with Gasteiger partial charge in [-0.3, -0.25) is 0 Å². The van der Waals surface area contributed by atoms with Gasteiger partial charge in [0.1, 0.15) is 17.2 Å². The number of rotatable bonds is 5. The van der Waals surface area contributed by atoms with E-state index < -0.39 is 5.97 Å². The quantitative estimate of drug-likeness (QED) is 0.645. The lowest BCUT2D eigenvalue weighted by Crippen LogP contribution is -2.03. The van der Waals surface area contributed by atoms with Crippen LogP contribution in [0, 0.1) is 0 Å². The third-order valence-corrected chi connectivity index (χ3v) is 3.14. The molecule has 5 nitrogen and oxygen atoms in total. The van der Waals surface area contributed by atoms with Crippen molar-refractivity contribution in [3.63, 3.8) is 0 Å². The number of aromatic carboxylic acids is 1. The van der Waals surface area contributed by atoms with E-state index in [0.29, 0.717) is 6.54 Å². The number of benzene rings is 1. The maximum Gasteiger partial charge on any atom is 0.335 e. The Labute approximate surface area is 115 Å². The Morgan fingerprint density at radius 3 is 2.95 bits per heavy atom. The van der Waals surface area contributed by atoms with Gasteiger partial charge in [0.2, 0.25) is 0 Å². The van der Waals surface area contributed by atoms with Crippen molar-refractivity contribution in [3.8, 4) is 0 Å². The van der Waals surface area contributed by atoms with Gasteiger partial charge in [0, 0.05) is 12.6 Å². The second-order valence-electron chi connectivity index (χ2n) is 3.80. The number of carboxylic acids is 1. The molecule has 1 aromatic heterocycles. The Morgan fingerprint density at radius 2 is 2.21 bits per heavy atom. The zero-order valence-corrected chi connectivity index (χ0v) is 11.1. The number of carbonyl (C=O) groups is 1. The predicted molar refractivity (Wildman–Crippen MR) is 74.5 cm³/mol. The normalized spacial score (nSPS) is 10.2. The average molecular weight is 275 g/mol. The fourth-order valence-corrected chi connectivity index (χ4v) is 1.94. The van der Waals surface area contributed by atoms with E-state index in [-0.39, 0.29) is 5.56 Å². The van der Waals surface area contributed by atoms with Gasteiger partial charge in [-0.25, -0.2) is 14.8 Å². The fraction of sp³-hybridized carbons (Fsp3) is 0.154. The fourth-order valence-electron chi connectivity index (χ4n) is 1.55. The van der Waals surface area contributed by atoms with E-state index in [9.17, 15) is 4.79 Å². The van der Waals surface area contributed by atoms with Gasteiger partial charge in [-0.1, -0.05) is 12.1 Å². The summed E-state index contributed by atoms with van der Waals surface area (Å²) in [6.07, 6.45) is 3.45. The number of carboxylic acid groups (broad SMARTS) is 1. The molecule has 2 N–H and O–H groups in total. The molecular formula is C13H13N3O2S. The number of thioether (sulfide) groups is 1. The minimum absolute atomic E-state index is 0.284. The summed E-state index contributed by atoms with van der Waals surface area (Å²) in [6.45, 7) is 0.520. The summed E-state index contributed by atoms with van der Waals surface area (Å²) in [5.41, 5.74) is 1.18. The smallest absolute Gasteiger partial charge is 0.335 e. The largest absolute Gasteiger partial charge is 0.478 e. The molecule has 0 aliphatic rings. The van der Waals surface area contributed by atoms with Crippen LogP contribution in [0.25, 0.3) is 0 Å². The highest BCUT2D eigenvalue weighted by Gasteiger charge is 2.03. The molecule has 19 heavy (non-hydrogen) atoms. The van der Waals surface area contributed by atoms with Crippen molar-refractivity contribution in [3.05, 3.63) is 47.8 Å². The summed E-state index contributed by atoms with van der Waals surface area (Å²) in [5, 5.41) is 12.9. The number of nitrogens with one attached hydrogen (secondary N) is 1. The first kappa shape index (κ1) is 13.4. The number of hydrogen-bond donors (Lipinski definition) is 2. The predicted octanol–water partition coefficient (Wildman–Crippen LogP) is 2.51. The van der Waals surface area contributed by atoms with Crippen LogP contribution in [0.4, 0.5) is 5.82 Å². The molecule has 0 fully saturated rings. The Hall–Kier alpha value is -2.08. The maximum atomic E-state index is 10.9. The molecule has 0 spiro atoms. The van der Waals surface area contributed by atoms with Crippen molar-refractivity contribution in [1.29, 1.82) is 0 Å². The molecule has 0 aliphatic carbocycles. The van der Waals surface area contributed by atoms with E-state index in [1.165, 1.54) is 6.33 Å². The van der Waals surface area contributed by atoms with Crippen LogP contribution in [-0.4, -0.2) is 27.3 Å². The van der Waals surface area contributed by atoms with E-state index in [1.54, 1.807) is 30.0 Å². The Bertz CT molecular complexity index is 590. The summed E-state index contributed by atoms with van der Waals surface area (Å²) in [4.78, 5) is 19.1. The molecule has 0 atom stereocenters. The second kappa shape index (κ2) is 6.19. The van der Waals surface area contributed by atoms with Crippen LogP contribution in [0.1, 0.15) is 15.9 Å². The van der Waals surface area contributed by atoms with E-state index >= 15 is 0 Å². The van der Waals surface area contributed by atoms with E-state index in [2.05, 4.69) is 15.3 Å². The minimum atomic E-state index is -0.923. The zero-order chi connectivity index (χ0) is 13.7. The van der Waals surface area contributed by atoms with Crippen LogP contribution >= 0.6 is 11.8 Å². The molecule has 0 aliphatic heterocycles. The molecule has 2 rings (SSSR count). The number of anilines is 1. The molecule has 0 saturated carbocycles. The van der Waals surface area contributed by atoms with E-state index in [1.807, 2.05) is 18.4 Å². The van der Waals surface area contributed by atoms with Gasteiger partial charge in [0.25, 0.3) is 0 Å². The van der Waals surface area contributed by atoms with Crippen molar-refractivity contribution in [1.82, 2.24) is 9.97 Å². The van der Waals surface area contributed by atoms with Crippen molar-refractivity contribution >= 4 is 23.5 Å². The second-order valence-corrected chi connectivity index (χ2v) is 4.63. The lowest BCUT2D eigenvalue weighted by Gasteiger charge is -2.06. The summed E-state index contributed by atoms with van der Waals surface area (Å²) in [5.74, 6) is -0.200. The van der Waals surface area contributed by atoms with Gasteiger partial charge in [-0.15, -0.1) is 11.8 Å². The first-order valence-electron chi connectivity index (χ1n) is 5.61. The molecule has 1 aromatic carbocycles. The van der Waals surface area contributed by atoms with Crippen LogP contribution in [-0.2, 0) is 6.54 Å². The highest BCUT2D eigenvalue weighted by Crippen LogP contribution is 2.14. The van der Waals surface area contributed by atoms with Gasteiger partial charge >= 0.3 is 5.97 Å². The monoisotopic (exact) mass is 275 g/mol. The molecule has 2 aromatic rings. The molecule has 0 amide bonds. The standard InChI is InChI=1S/C13H13N3O2S/c1-19-12-6-11(15-8-16-12)14-7-9-3-2-4-10(5-9)13(17)18/h2-6,8H,7H2,1H3,(H,17,18)(H,14,15,16). The zero-order valence-electron chi connectivity index (χ0n) is 10.3. The summed E-state index contributed by atoms with van der Waals surface area (Å²) in [7, 11) is 0. The lowest BCUT2D eigenvalue weighted by molar-refractivity contribution is 0.0697. The third kappa shape index (κ3) is 3.69. The van der Waals surface area contributed by atoms with Crippen LogP contribution in [0.3, 0.4) is 0 Å². The van der Waals surface area contributed by atoms with Crippen LogP contribution < -0.4 is 5.32 Å². The topological polar surface area (TPSA) is 75.1 Å². The first-order chi connectivity index (χ1) is 9.19. The average Bonchev–Trinajstić information content (AvgIpc) is 2.45. The molecule has 0 unspecified atom stereocenters. The van der Waals surface area contributed by atoms with Crippen molar-refractivity contribution in [2.24, 2.45) is 0 Å². The summed E-state index contributed by atoms with van der Waals surface area (Å²) < 4.78 is 0. The Balaban J connectivity index is 2.05. The van der Waals surface area contributed by atoms with Gasteiger partial charge in [-0.2, -0.15) is 0 Å². The highest BCUT2D eigenvalue weighted by atomic mass is 32.2. The van der Waals surface area contributed by atoms with Gasteiger partial charge in [0.15, 0.2) is 0 Å². The van der Waals surface area contributed by atoms with E-state index in [0.717, 1.165) is 16.4 Å². The summed E-state index contributed by atoms with van der Waals surface area (Å²) in [6, 6.07) is 8.67. The Kier molecular flexibility index (Phi) is 4.35. The SMILES string of the molecule is CSc1cc(NCc2cccc(C(=O)O)c2)ncn1. The number of hydrogen-bond acceptors (Lipinski definition) is 5. The van der Waals surface area contributed by atoms with Crippen molar-refractivity contribution < 1.29 is 9.90 Å².